The first-order chi connectivity index (χ1) is 14.0. The van der Waals surface area contributed by atoms with Gasteiger partial charge < -0.3 is 55.6 Å². The Kier molecular flexibility index (Phi) is 32.7. The maximum Gasteiger partial charge on any atom is 2.00 e. The van der Waals surface area contributed by atoms with Gasteiger partial charge in [-0.3, -0.25) is 6.58 Å². The molecule has 1 aromatic carbocycles. The fourth-order valence-corrected chi connectivity index (χ4v) is 1.43. The average molecular weight is 451 g/mol. The second-order valence-electron chi connectivity index (χ2n) is 4.61. The fourth-order valence-electron chi connectivity index (χ4n) is 1.43. The van der Waals surface area contributed by atoms with E-state index in [1.165, 1.54) is 0 Å². The van der Waals surface area contributed by atoms with Crippen LogP contribution in [0.25, 0.3) is 0 Å². The molecular weight excluding hydrogens is 420 g/mol. The van der Waals surface area contributed by atoms with Gasteiger partial charge in [0, 0.05) is 26.0 Å². The Balaban J connectivity index is -0.000000198. The number of carbonyl (C=O) groups is 2. The Morgan fingerprint density at radius 3 is 2.20 bits per heavy atom. The van der Waals surface area contributed by atoms with Crippen LogP contribution in [-0.2, 0) is 9.53 Å². The van der Waals surface area contributed by atoms with E-state index in [4.69, 9.17) is 26.7 Å². The van der Waals surface area contributed by atoms with Gasteiger partial charge in [0.2, 0.25) is 0 Å². The van der Waals surface area contributed by atoms with Gasteiger partial charge in [-0.15, -0.1) is 0 Å². The third-order valence-electron chi connectivity index (χ3n) is 2.66. The van der Waals surface area contributed by atoms with Crippen molar-refractivity contribution in [3.8, 4) is 0 Å². The van der Waals surface area contributed by atoms with Crippen molar-refractivity contribution in [3.63, 3.8) is 0 Å². The van der Waals surface area contributed by atoms with E-state index in [1.807, 2.05) is 6.07 Å². The molecule has 0 bridgehead atoms. The molecule has 0 fully saturated rings. The molecule has 0 spiro atoms. The molecule has 0 heterocycles. The van der Waals surface area contributed by atoms with Gasteiger partial charge in [-0.2, -0.15) is 17.7 Å². The molecule has 0 aliphatic rings. The van der Waals surface area contributed by atoms with Crippen LogP contribution in [0.4, 0.5) is 0 Å². The quantitative estimate of drug-likeness (QED) is 0.0776. The van der Waals surface area contributed by atoms with Gasteiger partial charge in [0.1, 0.15) is 6.61 Å². The van der Waals surface area contributed by atoms with Crippen molar-refractivity contribution >= 4 is 55.5 Å². The minimum atomic E-state index is -0.616. The van der Waals surface area contributed by atoms with Crippen LogP contribution in [0.15, 0.2) is 41.6 Å². The molecule has 0 radical (unpaired) electrons. The number of aliphatic hydroxyl groups is 3. The van der Waals surface area contributed by atoms with Gasteiger partial charge in [-0.25, -0.2) is 4.79 Å². The number of benzene rings is 1. The maximum absolute atomic E-state index is 11.4. The minimum absolute atomic E-state index is 0. The van der Waals surface area contributed by atoms with Crippen LogP contribution in [0.3, 0.4) is 0 Å². The molecule has 166 valence electrons. The number of rotatable bonds is 7. The summed E-state index contributed by atoms with van der Waals surface area (Å²) in [5, 5.41) is 36.2. The smallest absolute Gasteiger partial charge is 0.491 e. The molecule has 0 aliphatic heterocycles. The van der Waals surface area contributed by atoms with Crippen LogP contribution >= 0.6 is 0 Å². The van der Waals surface area contributed by atoms with E-state index >= 15 is 0 Å². The molecule has 1 rings (SSSR count). The molecule has 1 aromatic rings. The summed E-state index contributed by atoms with van der Waals surface area (Å²) < 4.78 is 4.93. The molecule has 0 saturated heterocycles. The summed E-state index contributed by atoms with van der Waals surface area (Å²) in [7, 11) is 2.00. The number of aliphatic hydroxyl groups excluding tert-OH is 3. The number of amidine groups is 1. The van der Waals surface area contributed by atoms with E-state index in [0.717, 1.165) is 26.7 Å². The summed E-state index contributed by atoms with van der Waals surface area (Å²) in [4.78, 5) is 21.8. The molecule has 1 amide bonds. The molecular formula is C20H30CaN2O7-2. The monoisotopic (exact) mass is 450 g/mol. The zero-order valence-electron chi connectivity index (χ0n) is 17.4. The summed E-state index contributed by atoms with van der Waals surface area (Å²) in [5.41, 5.74) is 0.499. The van der Waals surface area contributed by atoms with Crippen LogP contribution in [0.1, 0.15) is 23.2 Å². The zero-order valence-corrected chi connectivity index (χ0v) is 19.6. The maximum atomic E-state index is 11.4. The topological polar surface area (TPSA) is 149 Å². The first-order valence-electron chi connectivity index (χ1n) is 8.27. The second-order valence-corrected chi connectivity index (χ2v) is 4.61. The summed E-state index contributed by atoms with van der Waals surface area (Å²) >= 11 is 0. The Bertz CT molecular complexity index is 570. The van der Waals surface area contributed by atoms with Gasteiger partial charge in [0.25, 0.3) is 0 Å². The number of ether oxygens (including phenoxy) is 1. The van der Waals surface area contributed by atoms with Crippen LogP contribution in [0, 0.1) is 26.8 Å². The van der Waals surface area contributed by atoms with Gasteiger partial charge in [-0.1, -0.05) is 24.6 Å². The van der Waals surface area contributed by atoms with Gasteiger partial charge >= 0.3 is 43.7 Å². The number of esters is 1. The van der Waals surface area contributed by atoms with E-state index < -0.39 is 18.0 Å². The minimum Gasteiger partial charge on any atom is -0.491 e. The van der Waals surface area contributed by atoms with Crippen LogP contribution in [-0.4, -0.2) is 103 Å². The molecule has 0 saturated carbocycles. The summed E-state index contributed by atoms with van der Waals surface area (Å²) in [5.74, 6) is -0.988. The number of oxime groups is 1. The number of amides is 1. The van der Waals surface area contributed by atoms with Crippen LogP contribution < -0.4 is 5.32 Å². The summed E-state index contributed by atoms with van der Waals surface area (Å²) in [6.45, 7) is 11.7. The van der Waals surface area contributed by atoms with E-state index in [-0.39, 0.29) is 50.2 Å². The predicted molar refractivity (Wildman–Crippen MR) is 115 cm³/mol. The molecule has 30 heavy (non-hydrogen) atoms. The number of carbonyl (C=O) groups excluding carboxylic acids is 2. The van der Waals surface area contributed by atoms with Crippen molar-refractivity contribution in [2.45, 2.75) is 18.9 Å². The van der Waals surface area contributed by atoms with E-state index in [2.05, 4.69) is 24.3 Å². The van der Waals surface area contributed by atoms with Crippen molar-refractivity contribution in [1.82, 2.24) is 5.32 Å². The zero-order chi connectivity index (χ0) is 23.1. The summed E-state index contributed by atoms with van der Waals surface area (Å²) in [6, 6.07) is 8.71. The van der Waals surface area contributed by atoms with Crippen molar-refractivity contribution in [2.24, 2.45) is 5.16 Å². The number of hydrogen-bond acceptors (Lipinski definition) is 8. The summed E-state index contributed by atoms with van der Waals surface area (Å²) in [6.07, 6.45) is 2.55. The third-order valence-corrected chi connectivity index (χ3v) is 2.66. The predicted octanol–water partition coefficient (Wildman–Crippen LogP) is 0.573. The largest absolute Gasteiger partial charge is 2.00 e. The molecule has 5 N–H and O–H groups in total. The Labute approximate surface area is 208 Å². The SMILES string of the molecule is CO.CO.[CH-]=C/C(=N\O)NC(=O)[CH-][CH2-].[CH2-]CCC(O)COC(=O)c1ccccc1.[Ca+2]. The van der Waals surface area contributed by atoms with E-state index in [0.29, 0.717) is 18.4 Å². The molecule has 1 unspecified atom stereocenters. The van der Waals surface area contributed by atoms with Crippen LogP contribution in [0.2, 0.25) is 0 Å². The van der Waals surface area contributed by atoms with Gasteiger partial charge in [-0.05, 0) is 12.1 Å². The average Bonchev–Trinajstić information content (AvgIpc) is 2.79. The third kappa shape index (κ3) is 21.1. The number of nitrogens with zero attached hydrogens (tertiary/aromatic N) is 1. The fraction of sp³-hybridized carbons (Fsp3) is 0.300. The molecule has 0 aromatic heterocycles. The van der Waals surface area contributed by atoms with Gasteiger partial charge in [0.05, 0.1) is 11.7 Å². The van der Waals surface area contributed by atoms with Crippen LogP contribution in [0.5, 0.6) is 0 Å². The van der Waals surface area contributed by atoms with Crippen molar-refractivity contribution in [1.29, 1.82) is 0 Å². The van der Waals surface area contributed by atoms with Crippen molar-refractivity contribution in [3.05, 3.63) is 68.8 Å². The molecule has 9 nitrogen and oxygen atoms in total. The first-order valence-corrected chi connectivity index (χ1v) is 8.27. The Morgan fingerprint density at radius 1 is 1.27 bits per heavy atom. The van der Waals surface area contributed by atoms with Crippen molar-refractivity contribution in [2.75, 3.05) is 20.8 Å². The van der Waals surface area contributed by atoms with Crippen molar-refractivity contribution < 1.29 is 34.9 Å². The second kappa shape index (κ2) is 27.4. The van der Waals surface area contributed by atoms with Gasteiger partial charge in [0.15, 0.2) is 0 Å². The first kappa shape index (κ1) is 35.8. The number of hydrogen-bond donors (Lipinski definition) is 5. The standard InChI is InChI=1S/C12H15O3.C6H7N2O2.2CH4O.Ca/c1-2-6-11(13)9-15-12(14)10-7-4-3-5-8-10;1-3-5(8-10)7-6(9)4-2;2*1-2;/h3-5,7-8,11,13H,1-2,6,9H2;1,3-4,10H,2H2,(H,7,8,9);2*2H,1H3;/q-1;-3;;;+2. The molecule has 0 aliphatic carbocycles. The number of nitrogens with one attached hydrogen (secondary N) is 1. The normalized spacial score (nSPS) is 9.90. The molecule has 1 atom stereocenters. The van der Waals surface area contributed by atoms with E-state index in [1.54, 1.807) is 24.3 Å². The Morgan fingerprint density at radius 2 is 1.80 bits per heavy atom. The Hall–Kier alpha value is -1.62. The van der Waals surface area contributed by atoms with E-state index in [9.17, 15) is 14.7 Å². The molecule has 10 heteroatoms.